The lowest BCUT2D eigenvalue weighted by Crippen LogP contribution is -2.40. The number of nitrogens with zero attached hydrogens (tertiary/aromatic N) is 2. The van der Waals surface area contributed by atoms with Crippen molar-refractivity contribution in [2.75, 3.05) is 12.4 Å². The maximum atomic E-state index is 13.4. The molecule has 2 aromatic heterocycles. The molecule has 4 rings (SSSR count). The summed E-state index contributed by atoms with van der Waals surface area (Å²) in [5.41, 5.74) is 0.752. The molecular formula is C23H20ClN3O4S. The Hall–Kier alpha value is -3.36. The monoisotopic (exact) mass is 469 g/mol. The van der Waals surface area contributed by atoms with Gasteiger partial charge in [-0.3, -0.25) is 14.2 Å². The Labute approximate surface area is 192 Å². The summed E-state index contributed by atoms with van der Waals surface area (Å²) >= 11 is 7.29. The molecule has 0 spiro atoms. The van der Waals surface area contributed by atoms with Crippen LogP contribution in [0.4, 0.5) is 5.69 Å². The van der Waals surface area contributed by atoms with Crippen LogP contribution >= 0.6 is 22.9 Å². The molecule has 2 aromatic carbocycles. The topological polar surface area (TPSA) is 82.3 Å². The number of rotatable bonds is 5. The van der Waals surface area contributed by atoms with E-state index in [9.17, 15) is 14.4 Å². The number of hydrogen-bond acceptors (Lipinski definition) is 5. The SMILES string of the molecule is COc1ccc(NC(=O)Cn2c(=O)n(-c3ccc(Cl)cc3)c(=O)c3c(C)c(C)sc32)cc1. The van der Waals surface area contributed by atoms with Crippen molar-refractivity contribution in [1.82, 2.24) is 9.13 Å². The Morgan fingerprint density at radius 2 is 1.72 bits per heavy atom. The molecule has 4 aromatic rings. The van der Waals surface area contributed by atoms with Gasteiger partial charge < -0.3 is 10.1 Å². The highest BCUT2D eigenvalue weighted by Gasteiger charge is 2.21. The van der Waals surface area contributed by atoms with Crippen LogP contribution in [0.3, 0.4) is 0 Å². The van der Waals surface area contributed by atoms with E-state index in [1.54, 1.807) is 55.6 Å². The Morgan fingerprint density at radius 3 is 2.34 bits per heavy atom. The third-order valence-corrected chi connectivity index (χ3v) is 6.69. The van der Waals surface area contributed by atoms with Crippen LogP contribution in [0.2, 0.25) is 5.02 Å². The van der Waals surface area contributed by atoms with Gasteiger partial charge in [0, 0.05) is 15.6 Å². The molecule has 9 heteroatoms. The number of anilines is 1. The lowest BCUT2D eigenvalue weighted by atomic mass is 10.2. The van der Waals surface area contributed by atoms with E-state index in [1.807, 2.05) is 13.8 Å². The summed E-state index contributed by atoms with van der Waals surface area (Å²) in [7, 11) is 1.56. The Kier molecular flexibility index (Phi) is 5.90. The van der Waals surface area contributed by atoms with E-state index >= 15 is 0 Å². The highest BCUT2D eigenvalue weighted by atomic mass is 35.5. The number of aryl methyl sites for hydroxylation is 2. The van der Waals surface area contributed by atoms with Crippen molar-refractivity contribution >= 4 is 44.7 Å². The summed E-state index contributed by atoms with van der Waals surface area (Å²) in [6, 6.07) is 13.3. The van der Waals surface area contributed by atoms with Crippen LogP contribution in [0.1, 0.15) is 10.4 Å². The molecule has 0 saturated heterocycles. The van der Waals surface area contributed by atoms with Gasteiger partial charge in [-0.2, -0.15) is 0 Å². The van der Waals surface area contributed by atoms with Gasteiger partial charge in [-0.25, -0.2) is 9.36 Å². The number of hydrogen-bond donors (Lipinski definition) is 1. The van der Waals surface area contributed by atoms with Crippen molar-refractivity contribution in [3.05, 3.63) is 84.8 Å². The van der Waals surface area contributed by atoms with E-state index in [-0.39, 0.29) is 12.5 Å². The zero-order chi connectivity index (χ0) is 23.0. The molecule has 0 atom stereocenters. The minimum Gasteiger partial charge on any atom is -0.497 e. The van der Waals surface area contributed by atoms with Gasteiger partial charge in [-0.15, -0.1) is 11.3 Å². The van der Waals surface area contributed by atoms with Gasteiger partial charge in [0.25, 0.3) is 5.56 Å². The largest absolute Gasteiger partial charge is 0.497 e. The van der Waals surface area contributed by atoms with Crippen LogP contribution in [-0.4, -0.2) is 22.2 Å². The quantitative estimate of drug-likeness (QED) is 0.476. The highest BCUT2D eigenvalue weighted by Crippen LogP contribution is 2.27. The fourth-order valence-corrected chi connectivity index (χ4v) is 4.70. The molecule has 0 aliphatic heterocycles. The number of thiophene rings is 1. The lowest BCUT2D eigenvalue weighted by Gasteiger charge is -2.13. The number of benzene rings is 2. The maximum Gasteiger partial charge on any atom is 0.337 e. The second kappa shape index (κ2) is 8.64. The van der Waals surface area contributed by atoms with Gasteiger partial charge in [-0.1, -0.05) is 11.6 Å². The summed E-state index contributed by atoms with van der Waals surface area (Å²) in [6.07, 6.45) is 0. The molecule has 0 radical (unpaired) electrons. The van der Waals surface area contributed by atoms with Crippen LogP contribution in [0.15, 0.2) is 58.1 Å². The average Bonchev–Trinajstić information content (AvgIpc) is 3.07. The molecule has 0 saturated carbocycles. The van der Waals surface area contributed by atoms with Gasteiger partial charge in [0.2, 0.25) is 5.91 Å². The summed E-state index contributed by atoms with van der Waals surface area (Å²) < 4.78 is 7.55. The number of carbonyl (C=O) groups excluding carboxylic acids is 1. The number of ether oxygens (including phenoxy) is 1. The van der Waals surface area contributed by atoms with E-state index in [0.717, 1.165) is 15.0 Å². The van der Waals surface area contributed by atoms with E-state index in [2.05, 4.69) is 5.32 Å². The first-order valence-electron chi connectivity index (χ1n) is 9.75. The molecule has 2 heterocycles. The molecule has 32 heavy (non-hydrogen) atoms. The smallest absolute Gasteiger partial charge is 0.337 e. The van der Waals surface area contributed by atoms with E-state index in [1.165, 1.54) is 15.9 Å². The predicted octanol–water partition coefficient (Wildman–Crippen LogP) is 4.13. The number of methoxy groups -OCH3 is 1. The van der Waals surface area contributed by atoms with Gasteiger partial charge in [0.05, 0.1) is 18.2 Å². The van der Waals surface area contributed by atoms with Crippen molar-refractivity contribution in [2.45, 2.75) is 20.4 Å². The molecule has 164 valence electrons. The molecule has 0 fully saturated rings. The first-order chi connectivity index (χ1) is 15.3. The van der Waals surface area contributed by atoms with Crippen molar-refractivity contribution in [3.8, 4) is 11.4 Å². The molecule has 0 aliphatic rings. The number of amides is 1. The summed E-state index contributed by atoms with van der Waals surface area (Å²) in [6.45, 7) is 3.49. The van der Waals surface area contributed by atoms with Gasteiger partial charge in [0.1, 0.15) is 17.1 Å². The zero-order valence-electron chi connectivity index (χ0n) is 17.6. The van der Waals surface area contributed by atoms with Crippen LogP contribution in [0.25, 0.3) is 15.9 Å². The first-order valence-corrected chi connectivity index (χ1v) is 10.9. The zero-order valence-corrected chi connectivity index (χ0v) is 19.2. The van der Waals surface area contributed by atoms with Crippen LogP contribution in [0.5, 0.6) is 5.75 Å². The molecule has 0 unspecified atom stereocenters. The first kappa shape index (κ1) is 21.9. The second-order valence-electron chi connectivity index (χ2n) is 7.23. The number of aromatic nitrogens is 2. The van der Waals surface area contributed by atoms with Crippen LogP contribution in [0, 0.1) is 13.8 Å². The average molecular weight is 470 g/mol. The minimum absolute atomic E-state index is 0.241. The summed E-state index contributed by atoms with van der Waals surface area (Å²) in [5.74, 6) is 0.282. The number of carbonyl (C=O) groups is 1. The number of nitrogens with one attached hydrogen (secondary N) is 1. The molecule has 0 bridgehead atoms. The Balaban J connectivity index is 1.81. The normalized spacial score (nSPS) is 11.0. The highest BCUT2D eigenvalue weighted by molar-refractivity contribution is 7.18. The van der Waals surface area contributed by atoms with Crippen LogP contribution < -0.4 is 21.3 Å². The van der Waals surface area contributed by atoms with Gasteiger partial charge in [-0.05, 0) is 67.9 Å². The van der Waals surface area contributed by atoms with Crippen molar-refractivity contribution in [3.63, 3.8) is 0 Å². The Morgan fingerprint density at radius 1 is 1.06 bits per heavy atom. The fraction of sp³-hybridized carbons (Fsp3) is 0.174. The van der Waals surface area contributed by atoms with Crippen LogP contribution in [-0.2, 0) is 11.3 Å². The third kappa shape index (κ3) is 3.94. The minimum atomic E-state index is -0.587. The predicted molar refractivity (Wildman–Crippen MR) is 128 cm³/mol. The van der Waals surface area contributed by atoms with E-state index in [4.69, 9.17) is 16.3 Å². The van der Waals surface area contributed by atoms with Gasteiger partial charge >= 0.3 is 5.69 Å². The number of fused-ring (bicyclic) bond motifs is 1. The summed E-state index contributed by atoms with van der Waals surface area (Å²) in [4.78, 5) is 40.8. The molecule has 7 nitrogen and oxygen atoms in total. The Bertz CT molecular complexity index is 1430. The standard InChI is InChI=1S/C23H20ClN3O4S/c1-13-14(2)32-22-20(13)21(29)27(17-8-4-15(24)5-9-17)23(30)26(22)12-19(28)25-16-6-10-18(31-3)11-7-16/h4-11H,12H2,1-3H3,(H,25,28). The van der Waals surface area contributed by atoms with Crippen molar-refractivity contribution in [2.24, 2.45) is 0 Å². The van der Waals surface area contributed by atoms with E-state index < -0.39 is 11.2 Å². The molecular weight excluding hydrogens is 450 g/mol. The van der Waals surface area contributed by atoms with Crippen molar-refractivity contribution < 1.29 is 9.53 Å². The molecule has 1 amide bonds. The lowest BCUT2D eigenvalue weighted by molar-refractivity contribution is -0.116. The van der Waals surface area contributed by atoms with Crippen molar-refractivity contribution in [1.29, 1.82) is 0 Å². The van der Waals surface area contributed by atoms with E-state index in [0.29, 0.717) is 32.4 Å². The molecule has 1 N–H and O–H groups in total. The summed E-state index contributed by atoms with van der Waals surface area (Å²) in [5, 5.41) is 3.70. The fourth-order valence-electron chi connectivity index (χ4n) is 3.43. The van der Waals surface area contributed by atoms with Gasteiger partial charge in [0.15, 0.2) is 0 Å². The second-order valence-corrected chi connectivity index (χ2v) is 8.87. The number of halogens is 1. The third-order valence-electron chi connectivity index (χ3n) is 5.21. The maximum absolute atomic E-state index is 13.4. The molecule has 0 aliphatic carbocycles.